The van der Waals surface area contributed by atoms with Crippen molar-refractivity contribution in [3.8, 4) is 0 Å². The van der Waals surface area contributed by atoms with Crippen LogP contribution >= 0.6 is 34.8 Å². The van der Waals surface area contributed by atoms with E-state index in [4.69, 9.17) is 34.8 Å². The summed E-state index contributed by atoms with van der Waals surface area (Å²) in [5.74, 6) is -0.394. The Kier molecular flexibility index (Phi) is 2.87. The Bertz CT molecular complexity index is 229. The molecule has 0 atom stereocenters. The minimum absolute atomic E-state index is 0.185. The van der Waals surface area contributed by atoms with E-state index in [9.17, 15) is 4.39 Å². The minimum atomic E-state index is -0.394. The lowest BCUT2D eigenvalue weighted by Crippen LogP contribution is -1.91. The summed E-state index contributed by atoms with van der Waals surface area (Å²) in [6, 6.07) is 0. The van der Waals surface area contributed by atoms with Gasteiger partial charge in [0.1, 0.15) is 5.82 Å². The normalized spacial score (nSPS) is 10.5. The molecule has 0 unspecified atom stereocenters. The van der Waals surface area contributed by atoms with Gasteiger partial charge in [-0.15, -0.1) is 0 Å². The standard InChI is InChI=1S/C8H6Cl3F/c1-3-5(9)7(11)6(10)4(2)8(3)12/h1-2H3. The highest BCUT2D eigenvalue weighted by Gasteiger charge is 2.15. The van der Waals surface area contributed by atoms with Crippen molar-refractivity contribution in [1.82, 2.24) is 0 Å². The van der Waals surface area contributed by atoms with E-state index in [2.05, 4.69) is 0 Å². The molecule has 0 N–H and O–H groups in total. The predicted molar refractivity (Wildman–Crippen MR) is 50.9 cm³/mol. The highest BCUT2D eigenvalue weighted by molar-refractivity contribution is 6.48. The van der Waals surface area contributed by atoms with E-state index in [1.807, 2.05) is 0 Å². The Balaban J connectivity index is 3.60. The summed E-state index contributed by atoms with van der Waals surface area (Å²) in [6.07, 6.45) is 0. The maximum atomic E-state index is 13.2. The van der Waals surface area contributed by atoms with Crippen molar-refractivity contribution in [2.45, 2.75) is 13.8 Å². The Morgan fingerprint density at radius 2 is 1.17 bits per heavy atom. The van der Waals surface area contributed by atoms with E-state index in [0.29, 0.717) is 11.1 Å². The van der Waals surface area contributed by atoms with Crippen LogP contribution in [0.25, 0.3) is 0 Å². The first-order valence-electron chi connectivity index (χ1n) is 3.26. The zero-order valence-corrected chi connectivity index (χ0v) is 8.78. The van der Waals surface area contributed by atoms with Gasteiger partial charge < -0.3 is 0 Å². The average molecular weight is 227 g/mol. The maximum absolute atomic E-state index is 13.2. The molecule has 0 aromatic heterocycles. The van der Waals surface area contributed by atoms with E-state index in [1.54, 1.807) is 13.8 Å². The minimum Gasteiger partial charge on any atom is -0.206 e. The van der Waals surface area contributed by atoms with Crippen LogP contribution in [0, 0.1) is 19.7 Å². The molecule has 12 heavy (non-hydrogen) atoms. The molecule has 0 aliphatic heterocycles. The number of halogens is 4. The van der Waals surface area contributed by atoms with Gasteiger partial charge in [-0.2, -0.15) is 0 Å². The van der Waals surface area contributed by atoms with Crippen LogP contribution in [0.3, 0.4) is 0 Å². The van der Waals surface area contributed by atoms with Crippen molar-refractivity contribution in [3.05, 3.63) is 32.0 Å². The summed E-state index contributed by atoms with van der Waals surface area (Å²) in [7, 11) is 0. The van der Waals surface area contributed by atoms with Gasteiger partial charge in [0.2, 0.25) is 0 Å². The van der Waals surface area contributed by atoms with Gasteiger partial charge in [0.05, 0.1) is 15.1 Å². The summed E-state index contributed by atoms with van der Waals surface area (Å²) < 4.78 is 13.2. The van der Waals surface area contributed by atoms with Crippen LogP contribution in [0.15, 0.2) is 0 Å². The Morgan fingerprint density at radius 3 is 1.50 bits per heavy atom. The molecule has 0 radical (unpaired) electrons. The zero-order chi connectivity index (χ0) is 9.46. The molecule has 66 valence electrons. The molecular formula is C8H6Cl3F. The van der Waals surface area contributed by atoms with Gasteiger partial charge in [-0.3, -0.25) is 0 Å². The van der Waals surface area contributed by atoms with E-state index < -0.39 is 5.82 Å². The number of hydrogen-bond acceptors (Lipinski definition) is 0. The van der Waals surface area contributed by atoms with Crippen molar-refractivity contribution in [2.75, 3.05) is 0 Å². The summed E-state index contributed by atoms with van der Waals surface area (Å²) in [5.41, 5.74) is 0.673. The van der Waals surface area contributed by atoms with E-state index in [-0.39, 0.29) is 15.1 Å². The second-order valence-electron chi connectivity index (χ2n) is 2.51. The number of hydrogen-bond donors (Lipinski definition) is 0. The van der Waals surface area contributed by atoms with Crippen LogP contribution in [0.5, 0.6) is 0 Å². The second-order valence-corrected chi connectivity index (χ2v) is 3.64. The van der Waals surface area contributed by atoms with Gasteiger partial charge >= 0.3 is 0 Å². The fourth-order valence-electron chi connectivity index (χ4n) is 0.900. The average Bonchev–Trinajstić information content (AvgIpc) is 2.08. The molecule has 1 aromatic rings. The van der Waals surface area contributed by atoms with Gasteiger partial charge in [0, 0.05) is 11.1 Å². The lowest BCUT2D eigenvalue weighted by Gasteiger charge is -2.08. The Labute approximate surface area is 85.2 Å². The molecule has 0 saturated carbocycles. The monoisotopic (exact) mass is 226 g/mol. The zero-order valence-electron chi connectivity index (χ0n) is 6.51. The third-order valence-corrected chi connectivity index (χ3v) is 3.22. The van der Waals surface area contributed by atoms with Crippen LogP contribution < -0.4 is 0 Å². The second kappa shape index (κ2) is 3.41. The highest BCUT2D eigenvalue weighted by atomic mass is 35.5. The van der Waals surface area contributed by atoms with E-state index >= 15 is 0 Å². The van der Waals surface area contributed by atoms with Crippen LogP contribution in [0.4, 0.5) is 4.39 Å². The third-order valence-electron chi connectivity index (χ3n) is 1.70. The summed E-state index contributed by atoms with van der Waals surface area (Å²) in [5, 5.41) is 0.587. The number of benzene rings is 1. The van der Waals surface area contributed by atoms with Crippen LogP contribution in [0.1, 0.15) is 11.1 Å². The molecule has 0 aliphatic rings. The maximum Gasteiger partial charge on any atom is 0.132 e. The largest absolute Gasteiger partial charge is 0.206 e. The van der Waals surface area contributed by atoms with Gasteiger partial charge in [-0.05, 0) is 13.8 Å². The number of rotatable bonds is 0. The Morgan fingerprint density at radius 1 is 0.833 bits per heavy atom. The van der Waals surface area contributed by atoms with Crippen LogP contribution in [-0.4, -0.2) is 0 Å². The molecule has 0 heterocycles. The van der Waals surface area contributed by atoms with Crippen molar-refractivity contribution < 1.29 is 4.39 Å². The van der Waals surface area contributed by atoms with E-state index in [0.717, 1.165) is 0 Å². The molecule has 0 spiro atoms. The quantitative estimate of drug-likeness (QED) is 0.455. The van der Waals surface area contributed by atoms with Gasteiger partial charge in [0.15, 0.2) is 0 Å². The molecule has 0 bridgehead atoms. The van der Waals surface area contributed by atoms with Gasteiger partial charge in [0.25, 0.3) is 0 Å². The fraction of sp³-hybridized carbons (Fsp3) is 0.250. The smallest absolute Gasteiger partial charge is 0.132 e. The first-order chi connectivity index (χ1) is 5.46. The molecular weight excluding hydrogens is 221 g/mol. The summed E-state index contributed by atoms with van der Waals surface area (Å²) in [4.78, 5) is 0. The van der Waals surface area contributed by atoms with Crippen LogP contribution in [0.2, 0.25) is 15.1 Å². The molecule has 0 amide bonds. The van der Waals surface area contributed by atoms with Gasteiger partial charge in [-0.1, -0.05) is 34.8 Å². The molecule has 0 fully saturated rings. The van der Waals surface area contributed by atoms with Crippen molar-refractivity contribution in [3.63, 3.8) is 0 Å². The highest BCUT2D eigenvalue weighted by Crippen LogP contribution is 2.36. The summed E-state index contributed by atoms with van der Waals surface area (Å²) in [6.45, 7) is 3.12. The Hall–Kier alpha value is 0.0200. The van der Waals surface area contributed by atoms with Gasteiger partial charge in [-0.25, -0.2) is 4.39 Å². The molecule has 0 aliphatic carbocycles. The van der Waals surface area contributed by atoms with E-state index in [1.165, 1.54) is 0 Å². The first kappa shape index (κ1) is 10.1. The lowest BCUT2D eigenvalue weighted by molar-refractivity contribution is 0.609. The lowest BCUT2D eigenvalue weighted by atomic mass is 10.1. The molecule has 4 heteroatoms. The SMILES string of the molecule is Cc1c(F)c(C)c(Cl)c(Cl)c1Cl. The first-order valence-corrected chi connectivity index (χ1v) is 4.39. The molecule has 1 aromatic carbocycles. The molecule has 0 saturated heterocycles. The summed E-state index contributed by atoms with van der Waals surface area (Å²) >= 11 is 17.1. The fourth-order valence-corrected chi connectivity index (χ4v) is 1.59. The predicted octanol–water partition coefficient (Wildman–Crippen LogP) is 4.40. The topological polar surface area (TPSA) is 0 Å². The van der Waals surface area contributed by atoms with Crippen molar-refractivity contribution in [2.24, 2.45) is 0 Å². The molecule has 0 nitrogen and oxygen atoms in total. The molecule has 1 rings (SSSR count). The van der Waals surface area contributed by atoms with Crippen molar-refractivity contribution >= 4 is 34.8 Å². The third kappa shape index (κ3) is 1.41. The van der Waals surface area contributed by atoms with Crippen molar-refractivity contribution in [1.29, 1.82) is 0 Å². The van der Waals surface area contributed by atoms with Crippen LogP contribution in [-0.2, 0) is 0 Å².